The van der Waals surface area contributed by atoms with E-state index in [0.717, 1.165) is 28.5 Å². The molecule has 3 aromatic rings. The van der Waals surface area contributed by atoms with Gasteiger partial charge in [-0.1, -0.05) is 30.3 Å². The van der Waals surface area contributed by atoms with Gasteiger partial charge in [-0.05, 0) is 12.1 Å². The van der Waals surface area contributed by atoms with Crippen molar-refractivity contribution in [1.82, 2.24) is 4.98 Å². The van der Waals surface area contributed by atoms with E-state index in [4.69, 9.17) is 13.9 Å². The summed E-state index contributed by atoms with van der Waals surface area (Å²) in [5.41, 5.74) is 1.82. The van der Waals surface area contributed by atoms with Crippen LogP contribution in [0, 0.1) is 0 Å². The number of benzene rings is 2. The summed E-state index contributed by atoms with van der Waals surface area (Å²) in [7, 11) is 0. The van der Waals surface area contributed by atoms with Crippen LogP contribution in [0.5, 0.6) is 11.5 Å². The number of rotatable bonds is 3. The first kappa shape index (κ1) is 11.8. The highest BCUT2D eigenvalue weighted by molar-refractivity contribution is 5.62. The van der Waals surface area contributed by atoms with Gasteiger partial charge in [0.2, 0.25) is 6.79 Å². The summed E-state index contributed by atoms with van der Waals surface area (Å²) in [6.07, 6.45) is 1.70. The molecule has 0 saturated carbocycles. The van der Waals surface area contributed by atoms with Crippen LogP contribution < -0.4 is 14.8 Å². The van der Waals surface area contributed by atoms with Crippen LogP contribution >= 0.6 is 0 Å². The largest absolute Gasteiger partial charge is 0.454 e. The van der Waals surface area contributed by atoms with Gasteiger partial charge in [-0.3, -0.25) is 0 Å². The lowest BCUT2D eigenvalue weighted by atomic mass is 10.2. The van der Waals surface area contributed by atoms with E-state index in [1.165, 1.54) is 0 Å². The maximum atomic E-state index is 5.70. The van der Waals surface area contributed by atoms with E-state index in [9.17, 15) is 0 Å². The Kier molecular flexibility index (Phi) is 2.74. The van der Waals surface area contributed by atoms with E-state index in [1.807, 2.05) is 48.5 Å². The Morgan fingerprint density at radius 2 is 1.81 bits per heavy atom. The lowest BCUT2D eigenvalue weighted by Gasteiger charge is -2.03. The molecule has 0 bridgehead atoms. The Hall–Kier alpha value is -2.95. The van der Waals surface area contributed by atoms with Crippen LogP contribution in [0.3, 0.4) is 0 Å². The van der Waals surface area contributed by atoms with E-state index in [1.54, 1.807) is 6.20 Å². The first-order chi connectivity index (χ1) is 10.4. The molecule has 1 aliphatic heterocycles. The minimum atomic E-state index is 0.260. The van der Waals surface area contributed by atoms with Gasteiger partial charge in [0.1, 0.15) is 0 Å². The molecule has 2 aromatic carbocycles. The Morgan fingerprint density at radius 1 is 0.952 bits per heavy atom. The maximum absolute atomic E-state index is 5.70. The molecule has 1 aromatic heterocycles. The molecule has 0 unspecified atom stereocenters. The average Bonchev–Trinajstić information content (AvgIpc) is 3.17. The van der Waals surface area contributed by atoms with E-state index in [2.05, 4.69) is 10.3 Å². The van der Waals surface area contributed by atoms with E-state index in [0.29, 0.717) is 6.01 Å². The molecule has 0 atom stereocenters. The van der Waals surface area contributed by atoms with Crippen LogP contribution in [0.4, 0.5) is 11.7 Å². The molecule has 1 N–H and O–H groups in total. The van der Waals surface area contributed by atoms with Crippen molar-refractivity contribution < 1.29 is 13.9 Å². The predicted octanol–water partition coefficient (Wildman–Crippen LogP) is 3.81. The number of nitrogens with zero attached hydrogens (tertiary/aromatic N) is 1. The average molecular weight is 280 g/mol. The fourth-order valence-electron chi connectivity index (χ4n) is 2.17. The van der Waals surface area contributed by atoms with Crippen LogP contribution in [-0.4, -0.2) is 11.8 Å². The van der Waals surface area contributed by atoms with Gasteiger partial charge in [-0.2, -0.15) is 0 Å². The van der Waals surface area contributed by atoms with Crippen molar-refractivity contribution in [3.8, 4) is 22.8 Å². The number of ether oxygens (including phenoxy) is 2. The highest BCUT2D eigenvalue weighted by Crippen LogP contribution is 2.35. The van der Waals surface area contributed by atoms with Gasteiger partial charge in [-0.15, -0.1) is 0 Å². The highest BCUT2D eigenvalue weighted by atomic mass is 16.7. The Labute approximate surface area is 121 Å². The lowest BCUT2D eigenvalue weighted by molar-refractivity contribution is 0.174. The summed E-state index contributed by atoms with van der Waals surface area (Å²) >= 11 is 0. The first-order valence-corrected chi connectivity index (χ1v) is 6.56. The van der Waals surface area contributed by atoms with E-state index >= 15 is 0 Å². The second-order valence-corrected chi connectivity index (χ2v) is 4.59. The van der Waals surface area contributed by atoms with Gasteiger partial charge >= 0.3 is 0 Å². The summed E-state index contributed by atoms with van der Waals surface area (Å²) in [4.78, 5) is 4.23. The first-order valence-electron chi connectivity index (χ1n) is 6.56. The zero-order valence-corrected chi connectivity index (χ0v) is 11.1. The molecule has 0 spiro atoms. The SMILES string of the molecule is c1ccc(-c2cnc(Nc3ccc4c(c3)OCO4)o2)cc1. The van der Waals surface area contributed by atoms with Gasteiger partial charge in [0.05, 0.1) is 6.20 Å². The summed E-state index contributed by atoms with van der Waals surface area (Å²) in [6, 6.07) is 15.9. The molecule has 1 aliphatic rings. The van der Waals surface area contributed by atoms with Gasteiger partial charge in [0.15, 0.2) is 17.3 Å². The Morgan fingerprint density at radius 3 is 2.71 bits per heavy atom. The molecular weight excluding hydrogens is 268 g/mol. The molecular formula is C16H12N2O3. The fourth-order valence-corrected chi connectivity index (χ4v) is 2.17. The van der Waals surface area contributed by atoms with Crippen molar-refractivity contribution in [2.45, 2.75) is 0 Å². The third kappa shape index (κ3) is 2.29. The smallest absolute Gasteiger partial charge is 0.299 e. The van der Waals surface area contributed by atoms with Crippen LogP contribution in [0.1, 0.15) is 0 Å². The van der Waals surface area contributed by atoms with Gasteiger partial charge < -0.3 is 19.2 Å². The molecule has 0 fully saturated rings. The number of aromatic nitrogens is 1. The topological polar surface area (TPSA) is 56.5 Å². The number of hydrogen-bond donors (Lipinski definition) is 1. The number of fused-ring (bicyclic) bond motifs is 1. The van der Waals surface area contributed by atoms with E-state index in [-0.39, 0.29) is 6.79 Å². The zero-order chi connectivity index (χ0) is 14.1. The molecule has 5 nitrogen and oxygen atoms in total. The van der Waals surface area contributed by atoms with Gasteiger partial charge in [0, 0.05) is 17.3 Å². The lowest BCUT2D eigenvalue weighted by Crippen LogP contribution is -1.93. The molecule has 104 valence electrons. The molecule has 5 heteroatoms. The summed E-state index contributed by atoms with van der Waals surface area (Å²) in [6.45, 7) is 0.260. The minimum absolute atomic E-state index is 0.260. The molecule has 0 saturated heterocycles. The van der Waals surface area contributed by atoms with Crippen molar-refractivity contribution in [2.75, 3.05) is 12.1 Å². The van der Waals surface area contributed by atoms with Crippen LogP contribution in [-0.2, 0) is 0 Å². The number of anilines is 2. The molecule has 21 heavy (non-hydrogen) atoms. The van der Waals surface area contributed by atoms with Crippen LogP contribution in [0.25, 0.3) is 11.3 Å². The van der Waals surface area contributed by atoms with Crippen LogP contribution in [0.15, 0.2) is 59.1 Å². The van der Waals surface area contributed by atoms with Crippen molar-refractivity contribution in [3.05, 3.63) is 54.7 Å². The molecule has 0 radical (unpaired) electrons. The van der Waals surface area contributed by atoms with Crippen molar-refractivity contribution >= 4 is 11.7 Å². The monoisotopic (exact) mass is 280 g/mol. The summed E-state index contributed by atoms with van der Waals surface area (Å²) < 4.78 is 16.3. The third-order valence-electron chi connectivity index (χ3n) is 3.19. The predicted molar refractivity (Wildman–Crippen MR) is 77.8 cm³/mol. The molecule has 0 amide bonds. The normalized spacial score (nSPS) is 12.4. The molecule has 0 aliphatic carbocycles. The van der Waals surface area contributed by atoms with Crippen molar-refractivity contribution in [3.63, 3.8) is 0 Å². The number of oxazole rings is 1. The fraction of sp³-hybridized carbons (Fsp3) is 0.0625. The van der Waals surface area contributed by atoms with Crippen molar-refractivity contribution in [2.24, 2.45) is 0 Å². The Balaban J connectivity index is 1.57. The van der Waals surface area contributed by atoms with Gasteiger partial charge in [0.25, 0.3) is 6.01 Å². The minimum Gasteiger partial charge on any atom is -0.454 e. The Bertz CT molecular complexity index is 768. The molecule has 2 heterocycles. The summed E-state index contributed by atoms with van der Waals surface area (Å²) in [5, 5.41) is 3.11. The van der Waals surface area contributed by atoms with Crippen molar-refractivity contribution in [1.29, 1.82) is 0 Å². The van der Waals surface area contributed by atoms with E-state index < -0.39 is 0 Å². The van der Waals surface area contributed by atoms with Gasteiger partial charge in [-0.25, -0.2) is 4.98 Å². The number of nitrogens with one attached hydrogen (secondary N) is 1. The quantitative estimate of drug-likeness (QED) is 0.790. The zero-order valence-electron chi connectivity index (χ0n) is 11.1. The summed E-state index contributed by atoms with van der Waals surface area (Å²) in [5.74, 6) is 2.19. The second-order valence-electron chi connectivity index (χ2n) is 4.59. The highest BCUT2D eigenvalue weighted by Gasteiger charge is 2.14. The standard InChI is InChI=1S/C16H12N2O3/c1-2-4-11(5-3-1)15-9-17-16(21-15)18-12-6-7-13-14(8-12)20-10-19-13/h1-9H,10H2,(H,17,18). The molecule has 4 rings (SSSR count). The maximum Gasteiger partial charge on any atom is 0.299 e. The van der Waals surface area contributed by atoms with Crippen LogP contribution in [0.2, 0.25) is 0 Å². The third-order valence-corrected chi connectivity index (χ3v) is 3.19. The second kappa shape index (κ2) is 4.86. The number of hydrogen-bond acceptors (Lipinski definition) is 5.